The van der Waals surface area contributed by atoms with Crippen LogP contribution in [0.15, 0.2) is 86.2 Å². The second-order valence-electron chi connectivity index (χ2n) is 10.5. The Morgan fingerprint density at radius 3 is 2.37 bits per heavy atom. The molecular formula is C35H36BrN3O6S. The van der Waals surface area contributed by atoms with Crippen molar-refractivity contribution in [3.8, 4) is 23.0 Å². The molecule has 240 valence electrons. The number of aromatic nitrogens is 1. The molecule has 5 rings (SSSR count). The molecule has 0 aliphatic carbocycles. The minimum atomic E-state index is -0.786. The predicted molar refractivity (Wildman–Crippen MR) is 183 cm³/mol. The Labute approximate surface area is 280 Å². The van der Waals surface area contributed by atoms with Gasteiger partial charge in [-0.3, -0.25) is 14.2 Å². The van der Waals surface area contributed by atoms with Gasteiger partial charge in [0, 0.05) is 18.7 Å². The van der Waals surface area contributed by atoms with Crippen LogP contribution in [0.1, 0.15) is 43.5 Å². The smallest absolute Gasteiger partial charge is 0.271 e. The highest BCUT2D eigenvalue weighted by molar-refractivity contribution is 9.10. The molecule has 1 amide bonds. The lowest BCUT2D eigenvalue weighted by molar-refractivity contribution is -0.127. The van der Waals surface area contributed by atoms with Gasteiger partial charge >= 0.3 is 0 Å². The molecule has 0 bridgehead atoms. The monoisotopic (exact) mass is 705 g/mol. The summed E-state index contributed by atoms with van der Waals surface area (Å²) in [6.45, 7) is 7.07. The fourth-order valence-corrected chi connectivity index (χ4v) is 7.09. The van der Waals surface area contributed by atoms with Crippen LogP contribution in [0.3, 0.4) is 0 Å². The summed E-state index contributed by atoms with van der Waals surface area (Å²) < 4.78 is 25.8. The van der Waals surface area contributed by atoms with Crippen LogP contribution in [0.25, 0.3) is 6.08 Å². The van der Waals surface area contributed by atoms with E-state index in [1.807, 2.05) is 69.3 Å². The minimum Gasteiger partial charge on any atom is -0.497 e. The Bertz CT molecular complexity index is 1960. The number of fused-ring (bicyclic) bond motifs is 1. The third-order valence-electron chi connectivity index (χ3n) is 7.81. The highest BCUT2D eigenvalue weighted by Crippen LogP contribution is 2.39. The Kier molecular flexibility index (Phi) is 10.3. The number of amides is 1. The van der Waals surface area contributed by atoms with Crippen molar-refractivity contribution < 1.29 is 23.7 Å². The second kappa shape index (κ2) is 14.4. The van der Waals surface area contributed by atoms with E-state index >= 15 is 0 Å². The number of hydrogen-bond acceptors (Lipinski definition) is 8. The summed E-state index contributed by atoms with van der Waals surface area (Å²) >= 11 is 4.89. The predicted octanol–water partition coefficient (Wildman–Crippen LogP) is 5.47. The van der Waals surface area contributed by atoms with Crippen molar-refractivity contribution in [2.75, 3.05) is 34.4 Å². The van der Waals surface area contributed by atoms with E-state index in [-0.39, 0.29) is 11.5 Å². The van der Waals surface area contributed by atoms with Crippen LogP contribution < -0.4 is 33.8 Å². The molecule has 9 nitrogen and oxygen atoms in total. The number of carbonyl (C=O) groups is 1. The van der Waals surface area contributed by atoms with Crippen molar-refractivity contribution in [1.29, 1.82) is 0 Å². The number of allylic oxidation sites excluding steroid dienone is 1. The maximum atomic E-state index is 14.3. The van der Waals surface area contributed by atoms with Gasteiger partial charge in [0.15, 0.2) is 16.3 Å². The van der Waals surface area contributed by atoms with Crippen LogP contribution in [0.2, 0.25) is 0 Å². The largest absolute Gasteiger partial charge is 0.497 e. The molecule has 2 heterocycles. The number of nitrogens with zero attached hydrogens (tertiary/aromatic N) is 3. The standard InChI is InChI=1S/C35H36BrN3O6S/c1-7-38(8-2)34(41)30-21(3)37-35-39(31(30)25-19-24(42-4)14-15-27(25)43-5)33(40)29(46-35)18-23-16-26(36)32(28(17-23)44-6)45-20-22-12-10-9-11-13-22/h9-19,31H,7-8,20H2,1-6H3/b29-18+/t31-/m1/s1. The number of benzene rings is 3. The Morgan fingerprint density at radius 1 is 1.00 bits per heavy atom. The summed E-state index contributed by atoms with van der Waals surface area (Å²) in [6.07, 6.45) is 1.79. The molecule has 11 heteroatoms. The first-order valence-corrected chi connectivity index (χ1v) is 16.4. The van der Waals surface area contributed by atoms with Gasteiger partial charge < -0.3 is 23.8 Å². The van der Waals surface area contributed by atoms with E-state index in [9.17, 15) is 9.59 Å². The molecule has 0 unspecified atom stereocenters. The van der Waals surface area contributed by atoms with E-state index in [1.165, 1.54) is 11.3 Å². The maximum Gasteiger partial charge on any atom is 0.271 e. The van der Waals surface area contributed by atoms with Gasteiger partial charge in [0.25, 0.3) is 11.5 Å². The molecule has 3 aromatic carbocycles. The van der Waals surface area contributed by atoms with Crippen LogP contribution in [0.5, 0.6) is 23.0 Å². The van der Waals surface area contributed by atoms with E-state index in [4.69, 9.17) is 23.9 Å². The van der Waals surface area contributed by atoms with Crippen LogP contribution in [0, 0.1) is 0 Å². The number of methoxy groups -OCH3 is 3. The molecule has 0 saturated heterocycles. The highest BCUT2D eigenvalue weighted by atomic mass is 79.9. The molecule has 1 atom stereocenters. The molecule has 1 aromatic heterocycles. The van der Waals surface area contributed by atoms with Crippen molar-refractivity contribution in [3.05, 3.63) is 113 Å². The fraction of sp³-hybridized carbons (Fsp3) is 0.286. The van der Waals surface area contributed by atoms with E-state index in [2.05, 4.69) is 15.9 Å². The molecule has 0 radical (unpaired) electrons. The lowest BCUT2D eigenvalue weighted by Crippen LogP contribution is -2.43. The van der Waals surface area contributed by atoms with Crippen LogP contribution in [0.4, 0.5) is 0 Å². The maximum absolute atomic E-state index is 14.3. The molecule has 0 N–H and O–H groups in total. The SMILES string of the molecule is CCN(CC)C(=O)C1=C(C)N=c2s/c(=C/c3cc(Br)c(OCc4ccccc4)c(OC)c3)c(=O)n2[C@@H]1c1cc(OC)ccc1OC. The molecule has 46 heavy (non-hydrogen) atoms. The first-order chi connectivity index (χ1) is 22.2. The summed E-state index contributed by atoms with van der Waals surface area (Å²) in [5.74, 6) is 2.00. The van der Waals surface area contributed by atoms with E-state index < -0.39 is 6.04 Å². The van der Waals surface area contributed by atoms with Gasteiger partial charge in [-0.2, -0.15) is 0 Å². The first kappa shape index (κ1) is 33.0. The van der Waals surface area contributed by atoms with Crippen molar-refractivity contribution in [3.63, 3.8) is 0 Å². The van der Waals surface area contributed by atoms with E-state index in [0.717, 1.165) is 11.1 Å². The Hall–Kier alpha value is -4.35. The lowest BCUT2D eigenvalue weighted by atomic mass is 9.93. The average Bonchev–Trinajstić information content (AvgIpc) is 3.37. The zero-order valence-corrected chi connectivity index (χ0v) is 29.0. The summed E-state index contributed by atoms with van der Waals surface area (Å²) in [6, 6.07) is 18.2. The normalized spacial score (nSPS) is 14.4. The number of carbonyl (C=O) groups excluding carboxylic acids is 1. The average molecular weight is 707 g/mol. The summed E-state index contributed by atoms with van der Waals surface area (Å²) in [5, 5.41) is 0. The quantitative estimate of drug-likeness (QED) is 0.206. The molecule has 4 aromatic rings. The van der Waals surface area contributed by atoms with Crippen molar-refractivity contribution in [1.82, 2.24) is 9.47 Å². The number of halogens is 1. The highest BCUT2D eigenvalue weighted by Gasteiger charge is 2.36. The van der Waals surface area contributed by atoms with Gasteiger partial charge in [0.1, 0.15) is 24.1 Å². The molecule has 0 fully saturated rings. The molecule has 0 spiro atoms. The minimum absolute atomic E-state index is 0.185. The summed E-state index contributed by atoms with van der Waals surface area (Å²) in [5.41, 5.74) is 3.06. The lowest BCUT2D eigenvalue weighted by Gasteiger charge is -2.30. The van der Waals surface area contributed by atoms with Gasteiger partial charge in [0.05, 0.1) is 41.6 Å². The zero-order valence-electron chi connectivity index (χ0n) is 26.6. The molecular weight excluding hydrogens is 670 g/mol. The fourth-order valence-electron chi connectivity index (χ4n) is 5.47. The third kappa shape index (κ3) is 6.47. The number of hydrogen-bond donors (Lipinski definition) is 0. The van der Waals surface area contributed by atoms with Crippen molar-refractivity contribution in [2.24, 2.45) is 4.99 Å². The summed E-state index contributed by atoms with van der Waals surface area (Å²) in [4.78, 5) is 35.3. The van der Waals surface area contributed by atoms with Crippen molar-refractivity contribution >= 4 is 39.2 Å². The van der Waals surface area contributed by atoms with E-state index in [1.54, 1.807) is 49.0 Å². The van der Waals surface area contributed by atoms with E-state index in [0.29, 0.717) is 73.3 Å². The topological polar surface area (TPSA) is 91.6 Å². The van der Waals surface area contributed by atoms with Crippen LogP contribution in [-0.4, -0.2) is 49.8 Å². The zero-order chi connectivity index (χ0) is 33.0. The van der Waals surface area contributed by atoms with Gasteiger partial charge in [0.2, 0.25) is 0 Å². The molecule has 1 aliphatic heterocycles. The van der Waals surface area contributed by atoms with Crippen molar-refractivity contribution in [2.45, 2.75) is 33.4 Å². The summed E-state index contributed by atoms with van der Waals surface area (Å²) in [7, 11) is 4.72. The number of likely N-dealkylation sites (N-methyl/N-ethyl adjacent to an activating group) is 1. The third-order valence-corrected chi connectivity index (χ3v) is 9.38. The number of thiazole rings is 1. The Balaban J connectivity index is 1.65. The number of rotatable bonds is 11. The van der Waals surface area contributed by atoms with Crippen LogP contribution >= 0.6 is 27.3 Å². The van der Waals surface area contributed by atoms with Gasteiger partial charge in [-0.1, -0.05) is 41.7 Å². The molecule has 0 saturated carbocycles. The second-order valence-corrected chi connectivity index (χ2v) is 12.3. The number of ether oxygens (including phenoxy) is 4. The first-order valence-electron chi connectivity index (χ1n) is 14.8. The van der Waals surface area contributed by atoms with Gasteiger partial charge in [-0.15, -0.1) is 0 Å². The van der Waals surface area contributed by atoms with Gasteiger partial charge in [-0.25, -0.2) is 4.99 Å². The van der Waals surface area contributed by atoms with Gasteiger partial charge in [-0.05, 0) is 84.2 Å². The Morgan fingerprint density at radius 2 is 1.72 bits per heavy atom. The molecule has 1 aliphatic rings. The van der Waals surface area contributed by atoms with Crippen LogP contribution in [-0.2, 0) is 11.4 Å².